The fraction of sp³-hybridized carbons (Fsp3) is 0.360. The number of hydrogen-bond acceptors (Lipinski definition) is 5. The lowest BCUT2D eigenvalue weighted by Crippen LogP contribution is -2.26. The lowest BCUT2D eigenvalue weighted by Gasteiger charge is -2.17. The minimum absolute atomic E-state index is 0.00841. The number of benzene rings is 2. The van der Waals surface area contributed by atoms with Crippen molar-refractivity contribution in [3.63, 3.8) is 0 Å². The van der Waals surface area contributed by atoms with Gasteiger partial charge in [0.2, 0.25) is 5.91 Å². The maximum absolute atomic E-state index is 12.6. The van der Waals surface area contributed by atoms with Crippen LogP contribution in [0.5, 0.6) is 5.75 Å². The van der Waals surface area contributed by atoms with E-state index in [9.17, 15) is 4.79 Å². The molecule has 3 aromatic rings. The van der Waals surface area contributed by atoms with Gasteiger partial charge in [-0.3, -0.25) is 9.69 Å². The minimum Gasteiger partial charge on any atom is -0.493 e. The first-order valence-corrected chi connectivity index (χ1v) is 11.8. The summed E-state index contributed by atoms with van der Waals surface area (Å²) in [4.78, 5) is 19.7. The van der Waals surface area contributed by atoms with E-state index in [0.717, 1.165) is 28.6 Å². The molecular weight excluding hydrogens is 406 g/mol. The second kappa shape index (κ2) is 10.6. The molecule has 0 saturated carbocycles. The van der Waals surface area contributed by atoms with Crippen LogP contribution >= 0.6 is 11.3 Å². The maximum Gasteiger partial charge on any atom is 0.226 e. The summed E-state index contributed by atoms with van der Waals surface area (Å²) in [6, 6.07) is 16.3. The highest BCUT2D eigenvalue weighted by Crippen LogP contribution is 2.32. The Morgan fingerprint density at radius 3 is 2.65 bits per heavy atom. The van der Waals surface area contributed by atoms with Crippen molar-refractivity contribution < 1.29 is 9.53 Å². The van der Waals surface area contributed by atoms with E-state index < -0.39 is 0 Å². The van der Waals surface area contributed by atoms with Crippen LogP contribution in [0.15, 0.2) is 53.9 Å². The quantitative estimate of drug-likeness (QED) is 0.531. The van der Waals surface area contributed by atoms with Crippen LogP contribution in [-0.4, -0.2) is 35.5 Å². The molecule has 0 spiro atoms. The molecule has 1 amide bonds. The largest absolute Gasteiger partial charge is 0.493 e. The summed E-state index contributed by atoms with van der Waals surface area (Å²) in [5, 5.41) is 5.91. The van der Waals surface area contributed by atoms with Gasteiger partial charge in [0, 0.05) is 18.5 Å². The second-order valence-electron chi connectivity index (χ2n) is 7.78. The van der Waals surface area contributed by atoms with Crippen LogP contribution in [0, 0.1) is 0 Å². The van der Waals surface area contributed by atoms with E-state index in [4.69, 9.17) is 4.74 Å². The number of amides is 1. The second-order valence-corrected chi connectivity index (χ2v) is 8.64. The third kappa shape index (κ3) is 5.71. The Balaban J connectivity index is 1.35. The monoisotopic (exact) mass is 435 g/mol. The van der Waals surface area contributed by atoms with Crippen LogP contribution in [-0.2, 0) is 24.3 Å². The summed E-state index contributed by atoms with van der Waals surface area (Å²) in [6.07, 6.45) is 2.84. The first-order chi connectivity index (χ1) is 15.2. The predicted molar refractivity (Wildman–Crippen MR) is 125 cm³/mol. The van der Waals surface area contributed by atoms with Gasteiger partial charge >= 0.3 is 0 Å². The van der Waals surface area contributed by atoms with E-state index in [2.05, 4.69) is 33.4 Å². The lowest BCUT2D eigenvalue weighted by molar-refractivity contribution is -0.120. The van der Waals surface area contributed by atoms with Gasteiger partial charge in [-0.05, 0) is 56.1 Å². The molecule has 0 bridgehead atoms. The van der Waals surface area contributed by atoms with Crippen molar-refractivity contribution in [2.24, 2.45) is 0 Å². The van der Waals surface area contributed by atoms with Crippen molar-refractivity contribution in [2.75, 3.05) is 19.7 Å². The van der Waals surface area contributed by atoms with Gasteiger partial charge < -0.3 is 10.1 Å². The van der Waals surface area contributed by atoms with Crippen molar-refractivity contribution in [1.82, 2.24) is 15.2 Å². The van der Waals surface area contributed by atoms with E-state index in [1.165, 1.54) is 37.1 Å². The van der Waals surface area contributed by atoms with Gasteiger partial charge in [0.05, 0.1) is 24.3 Å². The van der Waals surface area contributed by atoms with Gasteiger partial charge in [-0.1, -0.05) is 36.4 Å². The van der Waals surface area contributed by atoms with Crippen LogP contribution in [0.1, 0.15) is 36.6 Å². The summed E-state index contributed by atoms with van der Waals surface area (Å²) < 4.78 is 5.71. The first-order valence-electron chi connectivity index (χ1n) is 11.0. The summed E-state index contributed by atoms with van der Waals surface area (Å²) in [5.41, 5.74) is 4.24. The van der Waals surface area contributed by atoms with Gasteiger partial charge in [-0.15, -0.1) is 11.3 Å². The van der Waals surface area contributed by atoms with E-state index in [1.807, 2.05) is 42.6 Å². The van der Waals surface area contributed by atoms with Gasteiger partial charge in [0.25, 0.3) is 0 Å². The van der Waals surface area contributed by atoms with Crippen LogP contribution in [0.2, 0.25) is 0 Å². The molecule has 0 aliphatic carbocycles. The number of rotatable bonds is 9. The fourth-order valence-corrected chi connectivity index (χ4v) is 4.77. The topological polar surface area (TPSA) is 54.5 Å². The molecule has 1 aromatic heterocycles. The Labute approximate surface area is 188 Å². The van der Waals surface area contributed by atoms with Gasteiger partial charge in [0.1, 0.15) is 10.8 Å². The number of ether oxygens (including phenoxy) is 1. The van der Waals surface area contributed by atoms with Crippen molar-refractivity contribution in [3.8, 4) is 16.3 Å². The zero-order valence-corrected chi connectivity index (χ0v) is 18.8. The molecule has 2 heterocycles. The SMILES string of the molecule is CCOc1ccccc1-c1nc(CC(=O)NCc2ccccc2CN2CCCC2)cs1. The van der Waals surface area contributed by atoms with E-state index in [-0.39, 0.29) is 12.3 Å². The van der Waals surface area contributed by atoms with Crippen LogP contribution in [0.3, 0.4) is 0 Å². The number of para-hydroxylation sites is 1. The molecule has 1 N–H and O–H groups in total. The molecule has 1 saturated heterocycles. The number of carbonyl (C=O) groups is 1. The summed E-state index contributed by atoms with van der Waals surface area (Å²) in [5.74, 6) is 0.816. The maximum atomic E-state index is 12.6. The van der Waals surface area contributed by atoms with Crippen molar-refractivity contribution in [1.29, 1.82) is 0 Å². The number of thiazole rings is 1. The first kappa shape index (κ1) is 21.5. The standard InChI is InChI=1S/C25H29N3O2S/c1-2-30-23-12-6-5-11-22(23)25-27-21(18-31-25)15-24(29)26-16-19-9-3-4-10-20(19)17-28-13-7-8-14-28/h3-6,9-12,18H,2,7-8,13-17H2,1H3,(H,26,29). The molecule has 0 unspecified atom stereocenters. The molecule has 162 valence electrons. The number of aromatic nitrogens is 1. The highest BCUT2D eigenvalue weighted by atomic mass is 32.1. The third-order valence-electron chi connectivity index (χ3n) is 5.50. The van der Waals surface area contributed by atoms with Crippen molar-refractivity contribution >= 4 is 17.2 Å². The van der Waals surface area contributed by atoms with Gasteiger partial charge in [0.15, 0.2) is 0 Å². The molecule has 31 heavy (non-hydrogen) atoms. The molecule has 6 heteroatoms. The molecule has 5 nitrogen and oxygen atoms in total. The Kier molecular flexibility index (Phi) is 7.33. The Morgan fingerprint density at radius 1 is 1.10 bits per heavy atom. The average molecular weight is 436 g/mol. The summed E-state index contributed by atoms with van der Waals surface area (Å²) >= 11 is 1.54. The number of likely N-dealkylation sites (tertiary alicyclic amines) is 1. The fourth-order valence-electron chi connectivity index (χ4n) is 3.92. The average Bonchev–Trinajstić information content (AvgIpc) is 3.46. The number of nitrogens with one attached hydrogen (secondary N) is 1. The number of nitrogens with zero attached hydrogens (tertiary/aromatic N) is 2. The zero-order valence-electron chi connectivity index (χ0n) is 18.0. The van der Waals surface area contributed by atoms with E-state index >= 15 is 0 Å². The highest BCUT2D eigenvalue weighted by Gasteiger charge is 2.15. The molecule has 0 radical (unpaired) electrons. The minimum atomic E-state index is -0.00841. The Morgan fingerprint density at radius 2 is 1.84 bits per heavy atom. The van der Waals surface area contributed by atoms with Crippen molar-refractivity contribution in [3.05, 3.63) is 70.7 Å². The summed E-state index contributed by atoms with van der Waals surface area (Å²) in [7, 11) is 0. The number of hydrogen-bond donors (Lipinski definition) is 1. The van der Waals surface area contributed by atoms with E-state index in [0.29, 0.717) is 13.2 Å². The molecule has 0 atom stereocenters. The smallest absolute Gasteiger partial charge is 0.226 e. The van der Waals surface area contributed by atoms with Gasteiger partial charge in [-0.25, -0.2) is 4.98 Å². The van der Waals surface area contributed by atoms with Gasteiger partial charge in [-0.2, -0.15) is 0 Å². The summed E-state index contributed by atoms with van der Waals surface area (Å²) in [6.45, 7) is 6.42. The van der Waals surface area contributed by atoms with Crippen molar-refractivity contribution in [2.45, 2.75) is 39.3 Å². The van der Waals surface area contributed by atoms with Crippen LogP contribution in [0.4, 0.5) is 0 Å². The Bertz CT molecular complexity index is 1010. The lowest BCUT2D eigenvalue weighted by atomic mass is 10.1. The van der Waals surface area contributed by atoms with E-state index in [1.54, 1.807) is 11.3 Å². The third-order valence-corrected chi connectivity index (χ3v) is 6.42. The molecular formula is C25H29N3O2S. The number of carbonyl (C=O) groups excluding carboxylic acids is 1. The normalized spacial score (nSPS) is 14.0. The van der Waals surface area contributed by atoms with Crippen LogP contribution < -0.4 is 10.1 Å². The van der Waals surface area contributed by atoms with Crippen LogP contribution in [0.25, 0.3) is 10.6 Å². The highest BCUT2D eigenvalue weighted by molar-refractivity contribution is 7.13. The molecule has 2 aromatic carbocycles. The molecule has 1 aliphatic rings. The molecule has 4 rings (SSSR count). The molecule has 1 fully saturated rings. The molecule has 1 aliphatic heterocycles. The predicted octanol–water partition coefficient (Wildman–Crippen LogP) is 4.66. The Hall–Kier alpha value is -2.70. The zero-order chi connectivity index (χ0) is 21.5.